The molecule has 0 aromatic carbocycles. The number of rotatable bonds is 6. The van der Waals surface area contributed by atoms with Crippen molar-refractivity contribution < 1.29 is 0 Å². The summed E-state index contributed by atoms with van der Waals surface area (Å²) in [4.78, 5) is 7.03. The molecule has 1 aromatic heterocycles. The Bertz CT molecular complexity index is 328. The van der Waals surface area contributed by atoms with Gasteiger partial charge in [-0.2, -0.15) is 0 Å². The minimum Gasteiger partial charge on any atom is -0.313 e. The lowest BCUT2D eigenvalue weighted by Gasteiger charge is -2.24. The molecule has 1 aliphatic carbocycles. The van der Waals surface area contributed by atoms with E-state index in [1.165, 1.54) is 50.3 Å². The average molecular weight is 251 g/mol. The van der Waals surface area contributed by atoms with Gasteiger partial charge in [0.2, 0.25) is 0 Å². The largest absolute Gasteiger partial charge is 0.313 e. The summed E-state index contributed by atoms with van der Waals surface area (Å²) in [5.41, 5.74) is 0. The lowest BCUT2D eigenvalue weighted by molar-refractivity contribution is 0.231. The van der Waals surface area contributed by atoms with Gasteiger partial charge in [-0.15, -0.1) is 11.3 Å². The Hall–Kier alpha value is -0.450. The first kappa shape index (κ1) is 11.6. The molecule has 1 unspecified atom stereocenters. The number of nitrogens with one attached hydrogen (secondary N) is 1. The molecule has 1 saturated heterocycles. The third-order valence-electron chi connectivity index (χ3n) is 3.70. The van der Waals surface area contributed by atoms with Crippen molar-refractivity contribution in [3.8, 4) is 0 Å². The molecule has 2 aliphatic rings. The fraction of sp³-hybridized carbons (Fsp3) is 0.769. The number of thiazole rings is 1. The van der Waals surface area contributed by atoms with E-state index in [-0.39, 0.29) is 0 Å². The number of hydrogen-bond donors (Lipinski definition) is 1. The van der Waals surface area contributed by atoms with E-state index in [1.807, 2.05) is 6.20 Å². The zero-order valence-corrected chi connectivity index (χ0v) is 11.1. The molecule has 17 heavy (non-hydrogen) atoms. The number of aromatic nitrogens is 1. The van der Waals surface area contributed by atoms with Crippen LogP contribution in [0.15, 0.2) is 11.6 Å². The Labute approximate surface area is 107 Å². The lowest BCUT2D eigenvalue weighted by Crippen LogP contribution is -2.38. The first-order chi connectivity index (χ1) is 8.40. The standard InChI is InChI=1S/C13H21N3S/c1-2-12(14-5-1)9-16(8-11-3-4-11)10-13-15-6-7-17-13/h6-7,11-12,14H,1-5,8-10H2. The summed E-state index contributed by atoms with van der Waals surface area (Å²) < 4.78 is 0. The van der Waals surface area contributed by atoms with Gasteiger partial charge in [-0.25, -0.2) is 4.98 Å². The predicted molar refractivity (Wildman–Crippen MR) is 71.1 cm³/mol. The Balaban J connectivity index is 1.55. The summed E-state index contributed by atoms with van der Waals surface area (Å²) in [6, 6.07) is 0.716. The van der Waals surface area contributed by atoms with Crippen molar-refractivity contribution in [3.63, 3.8) is 0 Å². The highest BCUT2D eigenvalue weighted by Crippen LogP contribution is 2.30. The molecular weight excluding hydrogens is 230 g/mol. The van der Waals surface area contributed by atoms with Crippen molar-refractivity contribution in [2.75, 3.05) is 19.6 Å². The van der Waals surface area contributed by atoms with E-state index in [1.54, 1.807) is 11.3 Å². The number of hydrogen-bond acceptors (Lipinski definition) is 4. The summed E-state index contributed by atoms with van der Waals surface area (Å²) in [6.45, 7) is 4.74. The van der Waals surface area contributed by atoms with Gasteiger partial charge in [-0.1, -0.05) is 0 Å². The summed E-state index contributed by atoms with van der Waals surface area (Å²) in [5.74, 6) is 0.969. The van der Waals surface area contributed by atoms with E-state index in [4.69, 9.17) is 0 Å². The third-order valence-corrected chi connectivity index (χ3v) is 4.46. The highest BCUT2D eigenvalue weighted by atomic mass is 32.1. The van der Waals surface area contributed by atoms with Crippen molar-refractivity contribution in [2.24, 2.45) is 5.92 Å². The first-order valence-corrected chi connectivity index (χ1v) is 7.62. The van der Waals surface area contributed by atoms with Gasteiger partial charge in [0, 0.05) is 30.7 Å². The van der Waals surface area contributed by atoms with Crippen molar-refractivity contribution in [1.29, 1.82) is 0 Å². The SMILES string of the molecule is c1csc(CN(CC2CC2)CC2CCCN2)n1. The van der Waals surface area contributed by atoms with Gasteiger partial charge in [-0.3, -0.25) is 4.90 Å². The highest BCUT2D eigenvalue weighted by molar-refractivity contribution is 7.09. The van der Waals surface area contributed by atoms with Crippen LogP contribution in [0.4, 0.5) is 0 Å². The zero-order chi connectivity index (χ0) is 11.5. The van der Waals surface area contributed by atoms with Gasteiger partial charge in [0.1, 0.15) is 5.01 Å². The molecule has 3 rings (SSSR count). The molecule has 4 heteroatoms. The van der Waals surface area contributed by atoms with Crippen LogP contribution in [0.5, 0.6) is 0 Å². The van der Waals surface area contributed by atoms with E-state index in [9.17, 15) is 0 Å². The van der Waals surface area contributed by atoms with Crippen LogP contribution in [0.1, 0.15) is 30.7 Å². The Morgan fingerprint density at radius 2 is 2.29 bits per heavy atom. The number of nitrogens with zero attached hydrogens (tertiary/aromatic N) is 2. The molecule has 1 aliphatic heterocycles. The molecule has 0 radical (unpaired) electrons. The molecular formula is C13H21N3S. The fourth-order valence-electron chi connectivity index (χ4n) is 2.62. The predicted octanol–water partition coefficient (Wildman–Crippen LogP) is 2.11. The van der Waals surface area contributed by atoms with Crippen molar-refractivity contribution in [3.05, 3.63) is 16.6 Å². The Kier molecular flexibility index (Phi) is 3.74. The second-order valence-electron chi connectivity index (χ2n) is 5.36. The minimum atomic E-state index is 0.716. The van der Waals surface area contributed by atoms with Gasteiger partial charge in [0.05, 0.1) is 6.54 Å². The Morgan fingerprint density at radius 3 is 2.94 bits per heavy atom. The van der Waals surface area contributed by atoms with Crippen LogP contribution in [0.3, 0.4) is 0 Å². The maximum absolute atomic E-state index is 4.41. The van der Waals surface area contributed by atoms with Gasteiger partial charge in [0.15, 0.2) is 0 Å². The monoisotopic (exact) mass is 251 g/mol. The zero-order valence-electron chi connectivity index (χ0n) is 10.3. The van der Waals surface area contributed by atoms with Crippen LogP contribution in [0.25, 0.3) is 0 Å². The maximum Gasteiger partial charge on any atom is 0.107 e. The minimum absolute atomic E-state index is 0.716. The molecule has 1 aromatic rings. The van der Waals surface area contributed by atoms with Crippen molar-refractivity contribution in [1.82, 2.24) is 15.2 Å². The van der Waals surface area contributed by atoms with Crippen molar-refractivity contribution >= 4 is 11.3 Å². The molecule has 0 bridgehead atoms. The topological polar surface area (TPSA) is 28.2 Å². The molecule has 94 valence electrons. The smallest absolute Gasteiger partial charge is 0.107 e. The normalized spacial score (nSPS) is 24.6. The molecule has 2 heterocycles. The molecule has 3 nitrogen and oxygen atoms in total. The molecule has 0 spiro atoms. The van der Waals surface area contributed by atoms with Crippen molar-refractivity contribution in [2.45, 2.75) is 38.3 Å². The van der Waals surface area contributed by atoms with E-state index in [0.717, 1.165) is 12.5 Å². The second-order valence-corrected chi connectivity index (χ2v) is 6.34. The van der Waals surface area contributed by atoms with Crippen LogP contribution in [0.2, 0.25) is 0 Å². The van der Waals surface area contributed by atoms with Gasteiger partial charge >= 0.3 is 0 Å². The Morgan fingerprint density at radius 1 is 1.35 bits per heavy atom. The van der Waals surface area contributed by atoms with Gasteiger partial charge < -0.3 is 5.32 Å². The molecule has 1 saturated carbocycles. The van der Waals surface area contributed by atoms with E-state index in [0.29, 0.717) is 6.04 Å². The molecule has 2 fully saturated rings. The highest BCUT2D eigenvalue weighted by Gasteiger charge is 2.26. The van der Waals surface area contributed by atoms with Crippen LogP contribution >= 0.6 is 11.3 Å². The van der Waals surface area contributed by atoms with Crippen LogP contribution in [-0.4, -0.2) is 35.6 Å². The molecule has 1 atom stereocenters. The van der Waals surface area contributed by atoms with Gasteiger partial charge in [-0.05, 0) is 38.1 Å². The fourth-order valence-corrected chi connectivity index (χ4v) is 3.27. The summed E-state index contributed by atoms with van der Waals surface area (Å²) >= 11 is 1.78. The van der Waals surface area contributed by atoms with Crippen LogP contribution in [0, 0.1) is 5.92 Å². The first-order valence-electron chi connectivity index (χ1n) is 6.74. The summed E-state index contributed by atoms with van der Waals surface area (Å²) in [7, 11) is 0. The van der Waals surface area contributed by atoms with E-state index < -0.39 is 0 Å². The third kappa shape index (κ3) is 3.50. The molecule has 0 amide bonds. The average Bonchev–Trinajstić information content (AvgIpc) is 2.82. The lowest BCUT2D eigenvalue weighted by atomic mass is 10.2. The van der Waals surface area contributed by atoms with Crippen LogP contribution in [-0.2, 0) is 6.54 Å². The van der Waals surface area contributed by atoms with Gasteiger partial charge in [0.25, 0.3) is 0 Å². The van der Waals surface area contributed by atoms with E-state index >= 15 is 0 Å². The summed E-state index contributed by atoms with van der Waals surface area (Å²) in [6.07, 6.45) is 7.49. The van der Waals surface area contributed by atoms with E-state index in [2.05, 4.69) is 20.6 Å². The molecule has 1 N–H and O–H groups in total. The quantitative estimate of drug-likeness (QED) is 0.839. The van der Waals surface area contributed by atoms with Crippen LogP contribution < -0.4 is 5.32 Å². The summed E-state index contributed by atoms with van der Waals surface area (Å²) in [5, 5.41) is 6.95. The second kappa shape index (κ2) is 5.46. The maximum atomic E-state index is 4.41.